The van der Waals surface area contributed by atoms with Crippen LogP contribution in [0.5, 0.6) is 11.5 Å². The van der Waals surface area contributed by atoms with E-state index in [0.29, 0.717) is 57.0 Å². The number of amides is 1. The van der Waals surface area contributed by atoms with Crippen molar-refractivity contribution < 1.29 is 24.2 Å². The maximum Gasteiger partial charge on any atom is 0.301 e. The number of nitrogens with zero attached hydrogens (tertiary/aromatic N) is 3. The number of aliphatic hydroxyl groups excluding tert-OH is 1. The third-order valence-corrected chi connectivity index (χ3v) is 9.39. The lowest BCUT2D eigenvalue weighted by Gasteiger charge is -2.23. The van der Waals surface area contributed by atoms with E-state index in [1.807, 2.05) is 31.2 Å². The molecule has 1 amide bonds. The van der Waals surface area contributed by atoms with E-state index in [0.717, 1.165) is 11.1 Å². The van der Waals surface area contributed by atoms with Gasteiger partial charge in [0.2, 0.25) is 5.13 Å². The molecule has 0 bridgehead atoms. The second-order valence-corrected chi connectivity index (χ2v) is 12.7. The number of rotatable bonds is 7. The van der Waals surface area contributed by atoms with Crippen LogP contribution < -0.4 is 14.4 Å². The number of hydrogen-bond donors (Lipinski definition) is 1. The third-order valence-electron chi connectivity index (χ3n) is 7.26. The zero-order valence-corrected chi connectivity index (χ0v) is 25.0. The van der Waals surface area contributed by atoms with Gasteiger partial charge in [-0.15, -0.1) is 10.2 Å². The number of hydrogen-bond acceptors (Lipinski definition) is 9. The van der Waals surface area contributed by atoms with Gasteiger partial charge in [0, 0.05) is 11.3 Å². The number of carbonyl (C=O) groups is 2. The lowest BCUT2D eigenvalue weighted by Crippen LogP contribution is -2.29. The predicted molar refractivity (Wildman–Crippen MR) is 163 cm³/mol. The Labute approximate surface area is 252 Å². The van der Waals surface area contributed by atoms with Gasteiger partial charge in [-0.3, -0.25) is 14.5 Å². The van der Waals surface area contributed by atoms with Crippen LogP contribution in [0.4, 0.5) is 5.13 Å². The van der Waals surface area contributed by atoms with Crippen LogP contribution in [0.1, 0.15) is 53.6 Å². The van der Waals surface area contributed by atoms with Crippen molar-refractivity contribution in [3.05, 3.63) is 100 Å². The molecule has 0 saturated carbocycles. The van der Waals surface area contributed by atoms with Crippen LogP contribution in [0, 0.1) is 6.92 Å². The minimum Gasteiger partial charge on any atom is -0.507 e. The van der Waals surface area contributed by atoms with Crippen molar-refractivity contribution >= 4 is 45.7 Å². The zero-order chi connectivity index (χ0) is 29.4. The van der Waals surface area contributed by atoms with E-state index in [1.165, 1.54) is 33.6 Å². The summed E-state index contributed by atoms with van der Waals surface area (Å²) in [6.45, 7) is 7.05. The molecule has 1 fully saturated rings. The Hall–Kier alpha value is -4.15. The Morgan fingerprint density at radius 2 is 1.71 bits per heavy atom. The summed E-state index contributed by atoms with van der Waals surface area (Å²) in [6, 6.07) is 20.1. The van der Waals surface area contributed by atoms with Gasteiger partial charge in [-0.2, -0.15) is 0 Å². The molecule has 10 heteroatoms. The molecule has 214 valence electrons. The molecule has 6 rings (SSSR count). The molecule has 0 aliphatic carbocycles. The Kier molecular flexibility index (Phi) is 7.74. The highest BCUT2D eigenvalue weighted by Gasteiger charge is 2.48. The van der Waals surface area contributed by atoms with Crippen molar-refractivity contribution in [3.63, 3.8) is 0 Å². The van der Waals surface area contributed by atoms with Crippen molar-refractivity contribution in [3.8, 4) is 11.5 Å². The van der Waals surface area contributed by atoms with Crippen LogP contribution in [-0.4, -0.2) is 40.2 Å². The molecule has 1 saturated heterocycles. The van der Waals surface area contributed by atoms with E-state index in [2.05, 4.69) is 48.3 Å². The lowest BCUT2D eigenvalue weighted by atomic mass is 9.93. The summed E-state index contributed by atoms with van der Waals surface area (Å²) in [5.41, 5.74) is 4.48. The number of benzene rings is 3. The van der Waals surface area contributed by atoms with Crippen LogP contribution in [0.2, 0.25) is 0 Å². The summed E-state index contributed by atoms with van der Waals surface area (Å²) in [7, 11) is 0. The van der Waals surface area contributed by atoms with Crippen molar-refractivity contribution in [2.24, 2.45) is 0 Å². The molecular weight excluding hydrogens is 571 g/mol. The smallest absolute Gasteiger partial charge is 0.301 e. The second kappa shape index (κ2) is 11.6. The first-order valence-corrected chi connectivity index (χ1v) is 15.4. The largest absolute Gasteiger partial charge is 0.507 e. The van der Waals surface area contributed by atoms with Crippen LogP contribution >= 0.6 is 23.1 Å². The van der Waals surface area contributed by atoms with E-state index in [-0.39, 0.29) is 11.3 Å². The summed E-state index contributed by atoms with van der Waals surface area (Å²) in [6.07, 6.45) is 0. The fraction of sp³-hybridized carbons (Fsp3) is 0.250. The van der Waals surface area contributed by atoms with Crippen LogP contribution in [0.15, 0.2) is 76.6 Å². The maximum atomic E-state index is 13.6. The van der Waals surface area contributed by atoms with E-state index in [9.17, 15) is 14.7 Å². The fourth-order valence-electron chi connectivity index (χ4n) is 4.94. The van der Waals surface area contributed by atoms with E-state index < -0.39 is 17.7 Å². The van der Waals surface area contributed by atoms with Crippen molar-refractivity contribution in [1.82, 2.24) is 10.2 Å². The van der Waals surface area contributed by atoms with Crippen molar-refractivity contribution in [2.45, 2.75) is 42.8 Å². The molecule has 2 aliphatic rings. The van der Waals surface area contributed by atoms with Crippen molar-refractivity contribution in [2.75, 3.05) is 18.1 Å². The standard InChI is InChI=1S/C32H29N3O5S2/c1-18(2)21-8-10-22(11-9-21)27-26(28(36)23-12-13-24-25(16-23)40-15-14-39-24)29(37)30(38)35(27)31-33-34-32(42-31)41-17-20-6-4-19(3)5-7-20/h4-13,16,18,27,36H,14-15,17H2,1-3H3/t27-/m1/s1. The molecule has 0 radical (unpaired) electrons. The highest BCUT2D eigenvalue weighted by Crippen LogP contribution is 2.45. The first kappa shape index (κ1) is 28.0. The van der Waals surface area contributed by atoms with Gasteiger partial charge in [-0.1, -0.05) is 91.0 Å². The summed E-state index contributed by atoms with van der Waals surface area (Å²) in [5, 5.41) is 20.5. The van der Waals surface area contributed by atoms with E-state index >= 15 is 0 Å². The highest BCUT2D eigenvalue weighted by atomic mass is 32.2. The number of anilines is 1. The summed E-state index contributed by atoms with van der Waals surface area (Å²) in [5.74, 6) is 0.185. The Morgan fingerprint density at radius 3 is 2.43 bits per heavy atom. The SMILES string of the molecule is Cc1ccc(CSc2nnc(N3C(=O)C(=O)C(=C(O)c4ccc5c(c4)OCCO5)[C@H]3c3ccc(C(C)C)cc3)s2)cc1. The topological polar surface area (TPSA) is 102 Å². The third kappa shape index (κ3) is 5.39. The average Bonchev–Trinajstić information content (AvgIpc) is 3.58. The first-order valence-electron chi connectivity index (χ1n) is 13.6. The van der Waals surface area contributed by atoms with Gasteiger partial charge in [-0.05, 0) is 47.7 Å². The molecule has 3 heterocycles. The minimum absolute atomic E-state index is 0.0157. The number of aliphatic hydroxyl groups is 1. The number of Topliss-reactive ketones (excluding diaryl/α,β-unsaturated/α-hetero) is 1. The lowest BCUT2D eigenvalue weighted by molar-refractivity contribution is -0.132. The molecule has 2 aliphatic heterocycles. The van der Waals surface area contributed by atoms with Gasteiger partial charge in [-0.25, -0.2) is 0 Å². The predicted octanol–water partition coefficient (Wildman–Crippen LogP) is 6.66. The molecular formula is C32H29N3O5S2. The van der Waals surface area contributed by atoms with Gasteiger partial charge in [0.15, 0.2) is 15.8 Å². The van der Waals surface area contributed by atoms with Gasteiger partial charge < -0.3 is 14.6 Å². The number of ether oxygens (including phenoxy) is 2. The normalized spacial score (nSPS) is 17.7. The molecule has 42 heavy (non-hydrogen) atoms. The number of aryl methyl sites for hydroxylation is 1. The van der Waals surface area contributed by atoms with Gasteiger partial charge in [0.25, 0.3) is 5.78 Å². The van der Waals surface area contributed by atoms with Crippen LogP contribution in [0.25, 0.3) is 5.76 Å². The molecule has 1 atom stereocenters. The van der Waals surface area contributed by atoms with E-state index in [1.54, 1.807) is 18.2 Å². The van der Waals surface area contributed by atoms with E-state index in [4.69, 9.17) is 9.47 Å². The summed E-state index contributed by atoms with van der Waals surface area (Å²) in [4.78, 5) is 28.5. The number of ketones is 1. The van der Waals surface area contributed by atoms with Crippen LogP contribution in [-0.2, 0) is 15.3 Å². The molecule has 0 unspecified atom stereocenters. The monoisotopic (exact) mass is 599 g/mol. The van der Waals surface area contributed by atoms with Gasteiger partial charge >= 0.3 is 5.91 Å². The molecule has 3 aromatic carbocycles. The minimum atomic E-state index is -0.887. The highest BCUT2D eigenvalue weighted by molar-refractivity contribution is 8.00. The molecule has 0 spiro atoms. The Balaban J connectivity index is 1.39. The summed E-state index contributed by atoms with van der Waals surface area (Å²) >= 11 is 2.76. The van der Waals surface area contributed by atoms with Gasteiger partial charge in [0.05, 0.1) is 11.6 Å². The number of aromatic nitrogens is 2. The van der Waals surface area contributed by atoms with Gasteiger partial charge in [0.1, 0.15) is 19.0 Å². The maximum absolute atomic E-state index is 13.6. The quantitative estimate of drug-likeness (QED) is 0.0828. The molecule has 1 aromatic heterocycles. The molecule has 4 aromatic rings. The number of thioether (sulfide) groups is 1. The molecule has 1 N–H and O–H groups in total. The number of carbonyl (C=O) groups excluding carboxylic acids is 2. The zero-order valence-electron chi connectivity index (χ0n) is 23.4. The first-order chi connectivity index (χ1) is 20.3. The summed E-state index contributed by atoms with van der Waals surface area (Å²) < 4.78 is 12.0. The second-order valence-electron chi connectivity index (χ2n) is 10.5. The van der Waals surface area contributed by atoms with Crippen LogP contribution in [0.3, 0.4) is 0 Å². The average molecular weight is 600 g/mol. The Morgan fingerprint density at radius 1 is 1.00 bits per heavy atom. The fourth-order valence-corrected chi connectivity index (χ4v) is 6.77. The van der Waals surface area contributed by atoms with Crippen molar-refractivity contribution in [1.29, 1.82) is 0 Å². The Bertz CT molecular complexity index is 1680. The molecule has 8 nitrogen and oxygen atoms in total. The number of fused-ring (bicyclic) bond motifs is 1.